The van der Waals surface area contributed by atoms with Gasteiger partial charge in [-0.1, -0.05) is 42.5 Å². The van der Waals surface area contributed by atoms with Crippen molar-refractivity contribution in [3.05, 3.63) is 71.3 Å². The minimum absolute atomic E-state index is 0.0744. The van der Waals surface area contributed by atoms with Crippen molar-refractivity contribution in [3.8, 4) is 0 Å². The average Bonchev–Trinajstić information content (AvgIpc) is 3.19. The maximum absolute atomic E-state index is 11.9. The Morgan fingerprint density at radius 3 is 2.59 bits per heavy atom. The highest BCUT2D eigenvalue weighted by Crippen LogP contribution is 2.29. The van der Waals surface area contributed by atoms with Gasteiger partial charge in [-0.2, -0.15) is 0 Å². The van der Waals surface area contributed by atoms with Crippen LogP contribution in [0.15, 0.2) is 65.2 Å². The first-order valence-electron chi connectivity index (χ1n) is 8.53. The topological polar surface area (TPSA) is 103 Å². The van der Waals surface area contributed by atoms with Gasteiger partial charge < -0.3 is 21.1 Å². The van der Waals surface area contributed by atoms with E-state index in [0.29, 0.717) is 17.9 Å². The van der Waals surface area contributed by atoms with E-state index in [9.17, 15) is 14.7 Å². The molecule has 7 nitrogen and oxygen atoms in total. The van der Waals surface area contributed by atoms with Crippen molar-refractivity contribution in [2.75, 3.05) is 25.0 Å². The first-order valence-corrected chi connectivity index (χ1v) is 8.53. The Kier molecular flexibility index (Phi) is 5.84. The van der Waals surface area contributed by atoms with Gasteiger partial charge >= 0.3 is 5.97 Å². The normalized spacial score (nSPS) is 13.9. The van der Waals surface area contributed by atoms with Gasteiger partial charge in [0.25, 0.3) is 0 Å². The maximum Gasteiger partial charge on any atom is 0.334 e. The predicted octanol–water partition coefficient (Wildman–Crippen LogP) is 1.69. The number of nitrogens with one attached hydrogen (secondary N) is 3. The number of benzene rings is 2. The molecule has 0 atom stereocenters. The van der Waals surface area contributed by atoms with Crippen molar-refractivity contribution in [1.29, 1.82) is 0 Å². The van der Waals surface area contributed by atoms with Crippen LogP contribution in [0.25, 0.3) is 5.57 Å². The predicted molar refractivity (Wildman–Crippen MR) is 105 cm³/mol. The van der Waals surface area contributed by atoms with E-state index in [2.05, 4.69) is 20.9 Å². The minimum atomic E-state index is -1.08. The number of anilines is 1. The van der Waals surface area contributed by atoms with Gasteiger partial charge in [-0.3, -0.25) is 9.79 Å². The summed E-state index contributed by atoms with van der Waals surface area (Å²) >= 11 is 0. The highest BCUT2D eigenvalue weighted by Gasteiger charge is 2.18. The molecule has 3 rings (SSSR count). The monoisotopic (exact) mass is 364 g/mol. The summed E-state index contributed by atoms with van der Waals surface area (Å²) < 4.78 is 0. The second-order valence-electron chi connectivity index (χ2n) is 5.89. The fraction of sp³-hybridized carbons (Fsp3) is 0.150. The number of hydrogen-bond acceptors (Lipinski definition) is 5. The third-order valence-corrected chi connectivity index (χ3v) is 4.07. The van der Waals surface area contributed by atoms with E-state index in [1.807, 2.05) is 54.6 Å². The van der Waals surface area contributed by atoms with Crippen molar-refractivity contribution in [2.24, 2.45) is 4.99 Å². The molecule has 1 heterocycles. The molecule has 7 heteroatoms. The van der Waals surface area contributed by atoms with E-state index in [1.165, 1.54) is 0 Å². The molecule has 0 saturated heterocycles. The molecule has 4 N–H and O–H groups in total. The summed E-state index contributed by atoms with van der Waals surface area (Å²) in [4.78, 5) is 26.9. The number of aliphatic imine (C=N–C) groups is 1. The highest BCUT2D eigenvalue weighted by atomic mass is 16.4. The van der Waals surface area contributed by atoms with Crippen molar-refractivity contribution in [2.45, 2.75) is 0 Å². The first kappa shape index (κ1) is 18.2. The van der Waals surface area contributed by atoms with Gasteiger partial charge in [0.2, 0.25) is 6.41 Å². The number of aliphatic carboxylic acids is 1. The summed E-state index contributed by atoms with van der Waals surface area (Å²) in [6.07, 6.45) is 0.493. The molecule has 27 heavy (non-hydrogen) atoms. The number of nitrogens with zero attached hydrogens (tertiary/aromatic N) is 1. The zero-order valence-corrected chi connectivity index (χ0v) is 14.6. The van der Waals surface area contributed by atoms with Gasteiger partial charge in [0.1, 0.15) is 0 Å². The van der Waals surface area contributed by atoms with Crippen LogP contribution in [-0.2, 0) is 9.59 Å². The Bertz CT molecular complexity index is 891. The molecule has 0 aliphatic carbocycles. The van der Waals surface area contributed by atoms with Crippen molar-refractivity contribution < 1.29 is 14.7 Å². The molecule has 0 aromatic heterocycles. The number of hydrogen-bond donors (Lipinski definition) is 4. The molecule has 138 valence electrons. The lowest BCUT2D eigenvalue weighted by molar-refractivity contribution is -0.132. The van der Waals surface area contributed by atoms with Gasteiger partial charge in [-0.25, -0.2) is 4.79 Å². The van der Waals surface area contributed by atoms with Crippen LogP contribution >= 0.6 is 0 Å². The van der Waals surface area contributed by atoms with E-state index in [4.69, 9.17) is 0 Å². The highest BCUT2D eigenvalue weighted by molar-refractivity contribution is 6.02. The Balaban J connectivity index is 2.07. The van der Waals surface area contributed by atoms with Gasteiger partial charge in [-0.05, 0) is 23.3 Å². The Morgan fingerprint density at radius 2 is 1.93 bits per heavy atom. The molecular weight excluding hydrogens is 344 g/mol. The van der Waals surface area contributed by atoms with Crippen LogP contribution in [-0.4, -0.2) is 43.1 Å². The van der Waals surface area contributed by atoms with Crippen LogP contribution in [0.2, 0.25) is 0 Å². The molecule has 0 bridgehead atoms. The fourth-order valence-electron chi connectivity index (χ4n) is 2.91. The number of carboxylic acid groups (broad SMARTS) is 1. The summed E-state index contributed by atoms with van der Waals surface area (Å²) in [6.45, 7) is 1.43. The Morgan fingerprint density at radius 1 is 1.15 bits per heavy atom. The third kappa shape index (κ3) is 4.52. The molecule has 0 saturated carbocycles. The second-order valence-corrected chi connectivity index (χ2v) is 5.89. The van der Waals surface area contributed by atoms with Crippen molar-refractivity contribution in [1.82, 2.24) is 10.6 Å². The van der Waals surface area contributed by atoms with Gasteiger partial charge in [0, 0.05) is 17.8 Å². The lowest BCUT2D eigenvalue weighted by atomic mass is 9.92. The van der Waals surface area contributed by atoms with Crippen LogP contribution in [0, 0.1) is 0 Å². The third-order valence-electron chi connectivity index (χ3n) is 4.07. The van der Waals surface area contributed by atoms with Gasteiger partial charge in [-0.15, -0.1) is 0 Å². The molecule has 1 aliphatic rings. The average molecular weight is 364 g/mol. The summed E-state index contributed by atoms with van der Waals surface area (Å²) in [5.41, 5.74) is 2.96. The SMILES string of the molecule is O=CNCC(C(=O)O)=C(c1ccccc1)c1cccc(NC2=NCCN2)c1. The van der Waals surface area contributed by atoms with Crippen molar-refractivity contribution in [3.63, 3.8) is 0 Å². The smallest absolute Gasteiger partial charge is 0.334 e. The standard InChI is InChI=1S/C20H20N4O3/c25-13-21-12-17(19(26)27)18(14-5-2-1-3-6-14)15-7-4-8-16(11-15)24-20-22-9-10-23-20/h1-8,11,13H,9-10,12H2,(H,21,25)(H,26,27)(H2,22,23,24). The van der Waals surface area contributed by atoms with E-state index >= 15 is 0 Å². The second kappa shape index (κ2) is 8.66. The fourth-order valence-corrected chi connectivity index (χ4v) is 2.91. The molecule has 0 radical (unpaired) electrons. The van der Waals surface area contributed by atoms with E-state index in [1.54, 1.807) is 0 Å². The molecule has 0 fully saturated rings. The number of rotatable bonds is 7. The van der Waals surface area contributed by atoms with Crippen LogP contribution in [0.3, 0.4) is 0 Å². The molecule has 0 spiro atoms. The van der Waals surface area contributed by atoms with Gasteiger partial charge in [0.05, 0.1) is 18.7 Å². The molecule has 0 unspecified atom stereocenters. The minimum Gasteiger partial charge on any atom is -0.478 e. The van der Waals surface area contributed by atoms with Crippen LogP contribution in [0.5, 0.6) is 0 Å². The number of carboxylic acids is 1. The summed E-state index contributed by atoms with van der Waals surface area (Å²) in [5.74, 6) is -0.387. The Hall–Kier alpha value is -3.61. The van der Waals surface area contributed by atoms with E-state index in [-0.39, 0.29) is 12.1 Å². The number of carbonyl (C=O) groups excluding carboxylic acids is 1. The maximum atomic E-state index is 11.9. The zero-order chi connectivity index (χ0) is 19.1. The Labute approximate surface area is 156 Å². The molecule has 2 aromatic carbocycles. The van der Waals surface area contributed by atoms with E-state index < -0.39 is 5.97 Å². The zero-order valence-electron chi connectivity index (χ0n) is 14.6. The molecule has 1 aliphatic heterocycles. The molecule has 1 amide bonds. The van der Waals surface area contributed by atoms with Crippen LogP contribution in [0.1, 0.15) is 11.1 Å². The number of carbonyl (C=O) groups is 2. The lowest BCUT2D eigenvalue weighted by Crippen LogP contribution is -2.26. The number of guanidine groups is 1. The van der Waals surface area contributed by atoms with Gasteiger partial charge in [0.15, 0.2) is 5.96 Å². The number of amides is 1. The molecule has 2 aromatic rings. The van der Waals surface area contributed by atoms with Crippen LogP contribution in [0.4, 0.5) is 5.69 Å². The molecular formula is C20H20N4O3. The van der Waals surface area contributed by atoms with Crippen molar-refractivity contribution >= 4 is 29.6 Å². The lowest BCUT2D eigenvalue weighted by Gasteiger charge is -2.15. The first-order chi connectivity index (χ1) is 13.2. The van der Waals surface area contributed by atoms with E-state index in [0.717, 1.165) is 29.9 Å². The quantitative estimate of drug-likeness (QED) is 0.442. The van der Waals surface area contributed by atoms with Crippen LogP contribution < -0.4 is 16.0 Å². The largest absolute Gasteiger partial charge is 0.478 e. The summed E-state index contributed by atoms with van der Waals surface area (Å²) in [7, 11) is 0. The summed E-state index contributed by atoms with van der Waals surface area (Å²) in [6, 6.07) is 16.7. The summed E-state index contributed by atoms with van der Waals surface area (Å²) in [5, 5.41) is 18.5.